The van der Waals surface area contributed by atoms with E-state index in [-0.39, 0.29) is 22.2 Å². The third-order valence-corrected chi connectivity index (χ3v) is 18.6. The van der Waals surface area contributed by atoms with Crippen LogP contribution in [0, 0.1) is 0 Å². The molecule has 15 aromatic rings. The first-order valence-corrected chi connectivity index (χ1v) is 36.2. The van der Waals surface area contributed by atoms with Crippen LogP contribution in [-0.2, 0) is 45.6 Å². The average molecular weight is 1460 g/mol. The summed E-state index contributed by atoms with van der Waals surface area (Å²) in [6.45, 7) is 9.53. The maximum atomic E-state index is 11.4. The van der Waals surface area contributed by atoms with E-state index in [9.17, 15) is 18.0 Å². The number of primary sulfonamides is 1. The minimum absolute atomic E-state index is 0.120. The van der Waals surface area contributed by atoms with Gasteiger partial charge in [0.15, 0.2) is 48.0 Å². The molecule has 0 bridgehead atoms. The van der Waals surface area contributed by atoms with E-state index in [0.717, 1.165) is 96.3 Å². The van der Waals surface area contributed by atoms with Crippen LogP contribution in [0.2, 0.25) is 5.28 Å². The van der Waals surface area contributed by atoms with Gasteiger partial charge in [0, 0.05) is 106 Å². The predicted molar refractivity (Wildman–Crippen MR) is 413 cm³/mol. The Morgan fingerprint density at radius 2 is 0.879 bits per heavy atom. The molecule has 0 atom stereocenters. The van der Waals surface area contributed by atoms with Gasteiger partial charge < -0.3 is 25.4 Å². The van der Waals surface area contributed by atoms with Crippen molar-refractivity contribution in [2.75, 3.05) is 21.7 Å². The Morgan fingerprint density at radius 3 is 1.32 bits per heavy atom. The number of carbonyl (C=O) groups is 2. The number of halogens is 1. The number of nitrogens with one attached hydrogen (secondary N) is 3. The van der Waals surface area contributed by atoms with Crippen molar-refractivity contribution < 1.29 is 27.5 Å². The molecule has 26 heteroatoms. The van der Waals surface area contributed by atoms with Gasteiger partial charge in [-0.15, -0.1) is 15.3 Å². The van der Waals surface area contributed by atoms with Crippen molar-refractivity contribution in [3.05, 3.63) is 307 Å². The number of aromatic nitrogens is 14. The molecule has 0 spiro atoms. The molecule has 1 saturated heterocycles. The Balaban J connectivity index is 0.000000130. The normalized spacial score (nSPS) is 13.0. The molecule has 12 heterocycles. The highest BCUT2D eigenvalue weighted by Gasteiger charge is 2.49. The quantitative estimate of drug-likeness (QED) is 0.0515. The lowest BCUT2D eigenvalue weighted by molar-refractivity contribution is -0.0897. The number of anilines is 3. The second-order valence-electron chi connectivity index (χ2n) is 25.7. The lowest BCUT2D eigenvalue weighted by Gasteiger charge is -2.30. The van der Waals surface area contributed by atoms with Gasteiger partial charge in [0.05, 0.1) is 53.7 Å². The van der Waals surface area contributed by atoms with Crippen molar-refractivity contribution >= 4 is 68.2 Å². The number of rotatable bonds is 20. The van der Waals surface area contributed by atoms with Crippen LogP contribution in [0.3, 0.4) is 0 Å². The van der Waals surface area contributed by atoms with Gasteiger partial charge in [-0.3, -0.25) is 34.5 Å². The second kappa shape index (κ2) is 33.0. The van der Waals surface area contributed by atoms with Crippen molar-refractivity contribution in [2.24, 2.45) is 5.14 Å². The number of fused-ring (bicyclic) bond motifs is 3. The Bertz CT molecular complexity index is 5650. The molecule has 0 aliphatic carbocycles. The highest BCUT2D eigenvalue weighted by Crippen LogP contribution is 2.45. The van der Waals surface area contributed by atoms with E-state index in [0.29, 0.717) is 71.8 Å². The second-order valence-corrected chi connectivity index (χ2v) is 27.8. The van der Waals surface area contributed by atoms with Crippen LogP contribution in [0.5, 0.6) is 0 Å². The largest absolute Gasteiger partial charge is 0.363 e. The first-order chi connectivity index (χ1) is 51.9. The topological polar surface area (TPSA) is 304 Å². The predicted octanol–water partition coefficient (Wildman–Crippen LogP) is 14.7. The van der Waals surface area contributed by atoms with Crippen molar-refractivity contribution in [2.45, 2.75) is 71.2 Å². The lowest BCUT2D eigenvalue weighted by Crippen LogP contribution is -2.41. The van der Waals surface area contributed by atoms with Crippen LogP contribution in [-0.4, -0.2) is 107 Å². The molecule has 536 valence electrons. The summed E-state index contributed by atoms with van der Waals surface area (Å²) >= 11 is 6.06. The molecule has 0 amide bonds. The highest BCUT2D eigenvalue weighted by molar-refractivity contribution is 7.89. The minimum Gasteiger partial charge on any atom is -0.363 e. The number of pyridine rings is 5. The summed E-state index contributed by atoms with van der Waals surface area (Å²) in [5.74, 6) is 2.92. The lowest BCUT2D eigenvalue weighted by atomic mass is 9.90. The maximum absolute atomic E-state index is 11.4. The number of ether oxygens (including phenoxy) is 2. The number of hydrogen-bond donors (Lipinski definition) is 4. The summed E-state index contributed by atoms with van der Waals surface area (Å²) in [6.07, 6.45) is 18.7. The highest BCUT2D eigenvalue weighted by atomic mass is 35.5. The third-order valence-electron chi connectivity index (χ3n) is 17.7. The Kier molecular flexibility index (Phi) is 22.4. The monoisotopic (exact) mass is 1460 g/mol. The molecule has 1 aliphatic heterocycles. The Hall–Kier alpha value is -12.7. The fourth-order valence-corrected chi connectivity index (χ4v) is 12.4. The maximum Gasteiger partial charge on any atom is 0.243 e. The van der Waals surface area contributed by atoms with E-state index in [1.165, 1.54) is 12.4 Å². The van der Waals surface area contributed by atoms with Gasteiger partial charge in [0.25, 0.3) is 0 Å². The summed E-state index contributed by atoms with van der Waals surface area (Å²) in [6, 6.07) is 64.8. The fraction of sp³-hybridized carbons (Fsp3) is 0.148. The minimum atomic E-state index is -3.54. The van der Waals surface area contributed by atoms with Crippen molar-refractivity contribution in [1.82, 2.24) is 68.7 Å². The van der Waals surface area contributed by atoms with Crippen LogP contribution in [0.25, 0.3) is 72.7 Å². The molecule has 0 saturated carbocycles. The van der Waals surface area contributed by atoms with Crippen LogP contribution >= 0.6 is 11.6 Å². The zero-order chi connectivity index (χ0) is 74.3. The molecule has 4 aromatic carbocycles. The van der Waals surface area contributed by atoms with Crippen LogP contribution in [0.15, 0.2) is 262 Å². The van der Waals surface area contributed by atoms with Crippen LogP contribution < -0.4 is 21.1 Å². The molecule has 107 heavy (non-hydrogen) atoms. The van der Waals surface area contributed by atoms with E-state index in [4.69, 9.17) is 41.3 Å². The number of sulfonamides is 1. The number of benzene rings is 4. The number of aryl methyl sites for hydroxylation is 1. The summed E-state index contributed by atoms with van der Waals surface area (Å²) in [4.78, 5) is 57.2. The standard InChI is InChI=1S/C26H24N6O2S.C24H18N6O.C18H14ClN5.C13H17NO3/c27-35(33,34)16-13-19-7-6-10-21(17-19)25-30-26(29-18-22-11-4-5-14-28-22)24-23(12-15-32(24)31-25)20-8-2-1-3-9-20;31-16-17-12-19(14-25-13-17)23-28-24(27-15-20-8-4-5-10-26-20)22-21(9-11-30(22)29-23)18-6-2-1-3-7-18;19-18-22-17(21-12-14-8-4-5-10-20-14)16-15(9-11-24(16)23-18)13-6-2-1-3-7-13;1-12(2)13(3,4)17-11(16-12)10-5-9(8-15)6-14-7-10/h1-12,14-15,17H,13,16,18H2,(H2,27,33,34)(H,29,30,31);1-14,16H,15H2,(H,27,28,29);1-11H,12H2,(H,21,22,23);5-8,11H,1-4H3. The molecule has 16 rings (SSSR count). The number of hydrogen-bond acceptors (Lipinski definition) is 20. The van der Waals surface area contributed by atoms with Crippen molar-refractivity contribution in [3.8, 4) is 56.2 Å². The van der Waals surface area contributed by atoms with E-state index < -0.39 is 16.3 Å². The zero-order valence-corrected chi connectivity index (χ0v) is 60.2. The van der Waals surface area contributed by atoms with E-state index >= 15 is 0 Å². The number of aldehydes is 2. The number of nitrogens with zero attached hydrogens (tertiary/aromatic N) is 14. The first-order valence-electron chi connectivity index (χ1n) is 34.1. The van der Waals surface area contributed by atoms with Gasteiger partial charge in [0.1, 0.15) is 16.6 Å². The van der Waals surface area contributed by atoms with Gasteiger partial charge in [-0.05, 0) is 141 Å². The zero-order valence-electron chi connectivity index (χ0n) is 58.7. The molecule has 1 fully saturated rings. The van der Waals surface area contributed by atoms with Crippen molar-refractivity contribution in [3.63, 3.8) is 0 Å². The van der Waals surface area contributed by atoms with E-state index in [1.807, 2.05) is 202 Å². The number of carbonyl (C=O) groups excluding carboxylic acids is 2. The van der Waals surface area contributed by atoms with Crippen molar-refractivity contribution in [1.29, 1.82) is 0 Å². The smallest absolute Gasteiger partial charge is 0.243 e. The SMILES string of the molecule is CC1(C)OC(c2cncc(C=O)c2)OC1(C)C.Clc1nc(NCc2ccccn2)c2c(-c3ccccc3)ccn2n1.NS(=O)(=O)CCc1cccc(-c2nc(NCc3ccccn3)c3c(-c4ccccc4)ccn3n2)c1.O=Cc1cncc(-c2nc(NCc3ccccn3)c3c(-c4ccccc4)ccn3n2)c1. The van der Waals surface area contributed by atoms with Gasteiger partial charge in [-0.1, -0.05) is 127 Å². The molecular formula is C81H73ClN18O6S. The van der Waals surface area contributed by atoms with Crippen LogP contribution in [0.1, 0.15) is 82.9 Å². The molecule has 0 unspecified atom stereocenters. The third kappa shape index (κ3) is 17.9. The van der Waals surface area contributed by atoms with Gasteiger partial charge in [0.2, 0.25) is 15.3 Å². The molecule has 24 nitrogen and oxygen atoms in total. The van der Waals surface area contributed by atoms with Gasteiger partial charge in [-0.25, -0.2) is 37.1 Å². The molecule has 11 aromatic heterocycles. The molecule has 0 radical (unpaired) electrons. The summed E-state index contributed by atoms with van der Waals surface area (Å²) < 4.78 is 39.9. The first kappa shape index (κ1) is 72.7. The molecule has 1 aliphatic rings. The molecular weight excluding hydrogens is 1390 g/mol. The summed E-state index contributed by atoms with van der Waals surface area (Å²) in [5, 5.41) is 29.2. The van der Waals surface area contributed by atoms with Crippen LogP contribution in [0.4, 0.5) is 17.5 Å². The number of nitrogens with two attached hydrogens (primary N) is 1. The summed E-state index contributed by atoms with van der Waals surface area (Å²) in [7, 11) is -3.54. The molecule has 5 N–H and O–H groups in total. The van der Waals surface area contributed by atoms with E-state index in [1.54, 1.807) is 52.1 Å². The Morgan fingerprint density at radius 1 is 0.467 bits per heavy atom. The van der Waals surface area contributed by atoms with Gasteiger partial charge >= 0.3 is 0 Å². The van der Waals surface area contributed by atoms with E-state index in [2.05, 4.69) is 92.4 Å². The van der Waals surface area contributed by atoms with Gasteiger partial charge in [-0.2, -0.15) is 4.98 Å². The average Bonchev–Trinajstić information content (AvgIpc) is 1.68. The summed E-state index contributed by atoms with van der Waals surface area (Å²) in [5.41, 5.74) is 15.0. The Labute approximate surface area is 621 Å². The fourth-order valence-electron chi connectivity index (χ4n) is 11.7.